The van der Waals surface area contributed by atoms with E-state index in [1.165, 1.54) is 0 Å². The molecule has 0 aliphatic heterocycles. The molecule has 3 nitrogen and oxygen atoms in total. The summed E-state index contributed by atoms with van der Waals surface area (Å²) >= 11 is 0. The van der Waals surface area contributed by atoms with Gasteiger partial charge in [-0.3, -0.25) is 0 Å². The predicted molar refractivity (Wildman–Crippen MR) is 45.3 cm³/mol. The first kappa shape index (κ1) is 8.27. The van der Waals surface area contributed by atoms with Crippen molar-refractivity contribution in [1.82, 2.24) is 9.97 Å². The lowest BCUT2D eigenvalue weighted by Gasteiger charge is -1.96. The molecule has 0 aromatic carbocycles. The molecule has 1 heterocycles. The van der Waals surface area contributed by atoms with Crippen molar-refractivity contribution in [2.24, 2.45) is 5.73 Å². The number of aromatic nitrogens is 2. The zero-order valence-corrected chi connectivity index (χ0v) is 7.31. The molecule has 0 amide bonds. The molecule has 1 atom stereocenters. The third-order valence-corrected chi connectivity index (χ3v) is 1.77. The lowest BCUT2D eigenvalue weighted by molar-refractivity contribution is 0.750. The number of hydrogen-bond donors (Lipinski definition) is 2. The Labute approximate surface area is 67.0 Å². The van der Waals surface area contributed by atoms with E-state index >= 15 is 0 Å². The van der Waals surface area contributed by atoms with Gasteiger partial charge in [-0.25, -0.2) is 4.98 Å². The van der Waals surface area contributed by atoms with Gasteiger partial charge >= 0.3 is 0 Å². The van der Waals surface area contributed by atoms with Gasteiger partial charge in [-0.15, -0.1) is 0 Å². The van der Waals surface area contributed by atoms with Gasteiger partial charge < -0.3 is 10.7 Å². The van der Waals surface area contributed by atoms with Gasteiger partial charge in [-0.2, -0.15) is 0 Å². The van der Waals surface area contributed by atoms with E-state index in [1.807, 2.05) is 13.8 Å². The molecule has 0 saturated carbocycles. The second-order valence-electron chi connectivity index (χ2n) is 2.84. The number of rotatable bonds is 2. The lowest BCUT2D eigenvalue weighted by Crippen LogP contribution is -2.06. The average molecular weight is 153 g/mol. The summed E-state index contributed by atoms with van der Waals surface area (Å²) in [6.45, 7) is 6.05. The van der Waals surface area contributed by atoms with Gasteiger partial charge in [-0.05, 0) is 20.3 Å². The normalized spacial score (nSPS) is 13.5. The van der Waals surface area contributed by atoms with Crippen molar-refractivity contribution in [3.8, 4) is 0 Å². The number of nitrogens with two attached hydrogens (primary N) is 1. The highest BCUT2D eigenvalue weighted by atomic mass is 15.0. The third-order valence-electron chi connectivity index (χ3n) is 1.77. The lowest BCUT2D eigenvalue weighted by atomic mass is 10.3. The van der Waals surface area contributed by atoms with Crippen LogP contribution in [0.3, 0.4) is 0 Å². The summed E-state index contributed by atoms with van der Waals surface area (Å²) in [5.41, 5.74) is 7.92. The van der Waals surface area contributed by atoms with Crippen LogP contribution in [0.4, 0.5) is 0 Å². The highest BCUT2D eigenvalue weighted by molar-refractivity contribution is 5.14. The van der Waals surface area contributed by atoms with Crippen LogP contribution in [0.5, 0.6) is 0 Å². The molecule has 3 heteroatoms. The first-order valence-electron chi connectivity index (χ1n) is 3.96. The molecule has 3 N–H and O–H groups in total. The highest BCUT2D eigenvalue weighted by Crippen LogP contribution is 2.09. The van der Waals surface area contributed by atoms with E-state index < -0.39 is 0 Å². The van der Waals surface area contributed by atoms with Crippen molar-refractivity contribution in [3.05, 3.63) is 17.2 Å². The molecule has 62 valence electrons. The second kappa shape index (κ2) is 3.05. The molecule has 0 bridgehead atoms. The van der Waals surface area contributed by atoms with Crippen LogP contribution in [-0.4, -0.2) is 9.97 Å². The minimum atomic E-state index is 0.00833. The van der Waals surface area contributed by atoms with Crippen molar-refractivity contribution in [1.29, 1.82) is 0 Å². The Balaban J connectivity index is 2.95. The van der Waals surface area contributed by atoms with Crippen molar-refractivity contribution in [2.75, 3.05) is 0 Å². The Kier molecular flexibility index (Phi) is 2.29. The molecule has 0 aliphatic rings. The van der Waals surface area contributed by atoms with Gasteiger partial charge in [0.2, 0.25) is 0 Å². The van der Waals surface area contributed by atoms with Crippen molar-refractivity contribution < 1.29 is 0 Å². The number of nitrogens with one attached hydrogen (secondary N) is 1. The number of H-pyrrole nitrogens is 1. The molecule has 0 saturated heterocycles. The number of hydrogen-bond acceptors (Lipinski definition) is 2. The minimum absolute atomic E-state index is 0.00833. The van der Waals surface area contributed by atoms with Gasteiger partial charge in [0.05, 0.1) is 11.7 Å². The number of imidazole rings is 1. The highest BCUT2D eigenvalue weighted by Gasteiger charge is 2.06. The summed E-state index contributed by atoms with van der Waals surface area (Å²) in [5.74, 6) is 0.888. The monoisotopic (exact) mass is 153 g/mol. The second-order valence-corrected chi connectivity index (χ2v) is 2.84. The maximum atomic E-state index is 5.66. The molecule has 1 aromatic rings. The van der Waals surface area contributed by atoms with Crippen LogP contribution >= 0.6 is 0 Å². The number of aromatic amines is 1. The third kappa shape index (κ3) is 1.60. The molecule has 0 radical (unpaired) electrons. The Morgan fingerprint density at radius 3 is 2.55 bits per heavy atom. The van der Waals surface area contributed by atoms with E-state index in [9.17, 15) is 0 Å². The van der Waals surface area contributed by atoms with Gasteiger partial charge in [0.1, 0.15) is 5.82 Å². The van der Waals surface area contributed by atoms with Gasteiger partial charge in [0.25, 0.3) is 0 Å². The summed E-state index contributed by atoms with van der Waals surface area (Å²) in [5, 5.41) is 0. The molecule has 11 heavy (non-hydrogen) atoms. The molecule has 1 aromatic heterocycles. The molecule has 0 fully saturated rings. The molecular weight excluding hydrogens is 138 g/mol. The van der Waals surface area contributed by atoms with Crippen LogP contribution < -0.4 is 5.73 Å². The topological polar surface area (TPSA) is 54.7 Å². The van der Waals surface area contributed by atoms with Crippen LogP contribution in [0, 0.1) is 6.92 Å². The van der Waals surface area contributed by atoms with E-state index in [-0.39, 0.29) is 6.04 Å². The standard InChI is InChI=1S/C8H15N3/c1-4-7-6(3)10-8(11-7)5(2)9/h5H,4,9H2,1-3H3,(H,10,11)/t5-/m0/s1. The zero-order valence-electron chi connectivity index (χ0n) is 7.31. The summed E-state index contributed by atoms with van der Waals surface area (Å²) in [6.07, 6.45) is 0.967. The van der Waals surface area contributed by atoms with Crippen LogP contribution in [0.1, 0.15) is 37.1 Å². The predicted octanol–water partition coefficient (Wildman–Crippen LogP) is 1.30. The van der Waals surface area contributed by atoms with Crippen LogP contribution in [0.15, 0.2) is 0 Å². The van der Waals surface area contributed by atoms with Gasteiger partial charge in [0.15, 0.2) is 0 Å². The van der Waals surface area contributed by atoms with E-state index in [2.05, 4.69) is 16.9 Å². The molecule has 1 rings (SSSR count). The van der Waals surface area contributed by atoms with Crippen molar-refractivity contribution >= 4 is 0 Å². The van der Waals surface area contributed by atoms with Gasteiger partial charge in [-0.1, -0.05) is 6.92 Å². The quantitative estimate of drug-likeness (QED) is 0.672. The number of aryl methyl sites for hydroxylation is 2. The van der Waals surface area contributed by atoms with Gasteiger partial charge in [0, 0.05) is 5.69 Å². The molecule has 0 aliphatic carbocycles. The van der Waals surface area contributed by atoms with E-state index in [0.29, 0.717) is 0 Å². The largest absolute Gasteiger partial charge is 0.345 e. The minimum Gasteiger partial charge on any atom is -0.345 e. The zero-order chi connectivity index (χ0) is 8.43. The SMILES string of the molecule is CCc1nc([C@H](C)N)[nH]c1C. The fourth-order valence-corrected chi connectivity index (χ4v) is 1.08. The first-order valence-corrected chi connectivity index (χ1v) is 3.96. The fraction of sp³-hybridized carbons (Fsp3) is 0.625. The molecule has 0 unspecified atom stereocenters. The summed E-state index contributed by atoms with van der Waals surface area (Å²) in [7, 11) is 0. The summed E-state index contributed by atoms with van der Waals surface area (Å²) in [6, 6.07) is 0.00833. The first-order chi connectivity index (χ1) is 5.15. The molecular formula is C8H15N3. The van der Waals surface area contributed by atoms with Crippen molar-refractivity contribution in [3.63, 3.8) is 0 Å². The summed E-state index contributed by atoms with van der Waals surface area (Å²) in [4.78, 5) is 7.51. The fourth-order valence-electron chi connectivity index (χ4n) is 1.08. The maximum absolute atomic E-state index is 5.66. The Morgan fingerprint density at radius 2 is 2.27 bits per heavy atom. The van der Waals surface area contributed by atoms with E-state index in [4.69, 9.17) is 5.73 Å². The Morgan fingerprint density at radius 1 is 1.64 bits per heavy atom. The van der Waals surface area contributed by atoms with E-state index in [1.54, 1.807) is 0 Å². The maximum Gasteiger partial charge on any atom is 0.123 e. The van der Waals surface area contributed by atoms with Crippen LogP contribution in [0.2, 0.25) is 0 Å². The summed E-state index contributed by atoms with van der Waals surface area (Å²) < 4.78 is 0. The van der Waals surface area contributed by atoms with Crippen LogP contribution in [0.25, 0.3) is 0 Å². The molecule has 0 spiro atoms. The van der Waals surface area contributed by atoms with E-state index in [0.717, 1.165) is 23.6 Å². The van der Waals surface area contributed by atoms with Crippen molar-refractivity contribution in [2.45, 2.75) is 33.2 Å². The Bertz CT molecular complexity index is 237. The average Bonchev–Trinajstić information content (AvgIpc) is 2.31. The smallest absolute Gasteiger partial charge is 0.123 e. The van der Waals surface area contributed by atoms with Crippen LogP contribution in [-0.2, 0) is 6.42 Å². The Hall–Kier alpha value is -0.830. The number of nitrogens with zero attached hydrogens (tertiary/aromatic N) is 1.